The van der Waals surface area contributed by atoms with Crippen LogP contribution in [0.3, 0.4) is 0 Å². The van der Waals surface area contributed by atoms with E-state index in [1.54, 1.807) is 0 Å². The summed E-state index contributed by atoms with van der Waals surface area (Å²) in [6.45, 7) is 5.36. The van der Waals surface area contributed by atoms with Crippen LogP contribution in [0.25, 0.3) is 0 Å². The van der Waals surface area contributed by atoms with Crippen LogP contribution < -0.4 is 20.1 Å². The Morgan fingerprint density at radius 1 is 1.25 bits per heavy atom. The summed E-state index contributed by atoms with van der Waals surface area (Å²) in [6.07, 6.45) is 2.06. The van der Waals surface area contributed by atoms with Gasteiger partial charge in [0.05, 0.1) is 0 Å². The number of ether oxygens (including phenoxy) is 2. The minimum absolute atomic E-state index is 0. The molecule has 3 aliphatic rings. The van der Waals surface area contributed by atoms with E-state index in [0.29, 0.717) is 25.0 Å². The molecule has 1 saturated heterocycles. The first-order valence-corrected chi connectivity index (χ1v) is 8.63. The normalized spacial score (nSPS) is 30.9. The van der Waals surface area contributed by atoms with Crippen molar-refractivity contribution < 1.29 is 14.3 Å². The first-order chi connectivity index (χ1) is 11.2. The number of hydrogen-bond acceptors (Lipinski definition) is 4. The molecule has 2 N–H and O–H groups in total. The number of rotatable bonds is 3. The van der Waals surface area contributed by atoms with E-state index in [1.165, 1.54) is 5.56 Å². The van der Waals surface area contributed by atoms with Gasteiger partial charge in [-0.25, -0.2) is 0 Å². The van der Waals surface area contributed by atoms with Crippen LogP contribution in [0.1, 0.15) is 31.2 Å². The topological polar surface area (TPSA) is 59.6 Å². The summed E-state index contributed by atoms with van der Waals surface area (Å²) < 4.78 is 11.2. The lowest BCUT2D eigenvalue weighted by atomic mass is 9.94. The van der Waals surface area contributed by atoms with Crippen LogP contribution in [0.15, 0.2) is 18.2 Å². The van der Waals surface area contributed by atoms with Gasteiger partial charge in [-0.2, -0.15) is 0 Å². The molecule has 2 fully saturated rings. The highest BCUT2D eigenvalue weighted by Crippen LogP contribution is 2.49. The van der Waals surface area contributed by atoms with Gasteiger partial charge in [-0.15, -0.1) is 12.4 Å². The van der Waals surface area contributed by atoms with E-state index in [-0.39, 0.29) is 30.3 Å². The molecule has 24 heavy (non-hydrogen) atoms. The fourth-order valence-electron chi connectivity index (χ4n) is 3.62. The molecule has 0 spiro atoms. The van der Waals surface area contributed by atoms with Gasteiger partial charge in [0.2, 0.25) is 5.91 Å². The summed E-state index contributed by atoms with van der Waals surface area (Å²) in [7, 11) is 0. The number of halogens is 1. The number of hydrogen-bond donors (Lipinski definition) is 2. The lowest BCUT2D eigenvalue weighted by molar-refractivity contribution is -0.123. The van der Waals surface area contributed by atoms with Crippen molar-refractivity contribution in [1.82, 2.24) is 10.6 Å². The molecule has 132 valence electrons. The number of carbonyl (C=O) groups is 1. The second kappa shape index (κ2) is 7.19. The summed E-state index contributed by atoms with van der Waals surface area (Å²) in [4.78, 5) is 12.5. The minimum atomic E-state index is 0. The molecule has 1 saturated carbocycles. The number of carbonyl (C=O) groups excluding carboxylic acids is 1. The van der Waals surface area contributed by atoms with Crippen LogP contribution >= 0.6 is 12.4 Å². The SMILES string of the molecule is CC1CCNCC1NC(=O)C1CC1c1ccc2c(c1)OCCO2.Cl. The Morgan fingerprint density at radius 3 is 2.83 bits per heavy atom. The number of fused-ring (bicyclic) bond motifs is 1. The zero-order valence-corrected chi connectivity index (χ0v) is 14.7. The molecule has 4 atom stereocenters. The van der Waals surface area contributed by atoms with E-state index < -0.39 is 0 Å². The summed E-state index contributed by atoms with van der Waals surface area (Å²) in [6, 6.07) is 6.33. The first-order valence-electron chi connectivity index (χ1n) is 8.63. The van der Waals surface area contributed by atoms with Crippen LogP contribution in [0.5, 0.6) is 11.5 Å². The van der Waals surface area contributed by atoms with Crippen LogP contribution in [-0.4, -0.2) is 38.3 Å². The molecular weight excluding hydrogens is 328 g/mol. The van der Waals surface area contributed by atoms with Gasteiger partial charge in [-0.3, -0.25) is 4.79 Å². The van der Waals surface area contributed by atoms with E-state index in [1.807, 2.05) is 12.1 Å². The Hall–Kier alpha value is -1.46. The highest BCUT2D eigenvalue weighted by molar-refractivity contribution is 5.85. The third kappa shape index (κ3) is 3.47. The van der Waals surface area contributed by atoms with Gasteiger partial charge in [0.15, 0.2) is 11.5 Å². The lowest BCUT2D eigenvalue weighted by Crippen LogP contribution is -2.50. The standard InChI is InChI=1S/C18H24N2O3.ClH/c1-11-4-5-19-10-15(11)20-18(21)14-9-13(14)12-2-3-16-17(8-12)23-7-6-22-16;/h2-3,8,11,13-15,19H,4-7,9-10H2,1H3,(H,20,21);1H. The Kier molecular flexibility index (Phi) is 5.21. The van der Waals surface area contributed by atoms with Crippen molar-refractivity contribution >= 4 is 18.3 Å². The van der Waals surface area contributed by atoms with E-state index in [2.05, 4.69) is 23.6 Å². The van der Waals surface area contributed by atoms with Gasteiger partial charge < -0.3 is 20.1 Å². The molecule has 0 radical (unpaired) electrons. The Balaban J connectivity index is 0.00000169. The molecule has 1 aromatic carbocycles. The van der Waals surface area contributed by atoms with Crippen molar-refractivity contribution in [1.29, 1.82) is 0 Å². The maximum atomic E-state index is 12.5. The maximum Gasteiger partial charge on any atom is 0.224 e. The van der Waals surface area contributed by atoms with Gasteiger partial charge in [-0.05, 0) is 48.9 Å². The maximum absolute atomic E-state index is 12.5. The molecule has 5 nitrogen and oxygen atoms in total. The number of nitrogens with one attached hydrogen (secondary N) is 2. The minimum Gasteiger partial charge on any atom is -0.486 e. The molecule has 6 heteroatoms. The fourth-order valence-corrected chi connectivity index (χ4v) is 3.62. The molecule has 1 amide bonds. The summed E-state index contributed by atoms with van der Waals surface area (Å²) >= 11 is 0. The predicted octanol–water partition coefficient (Wildman–Crippen LogP) is 2.10. The zero-order valence-electron chi connectivity index (χ0n) is 13.9. The zero-order chi connectivity index (χ0) is 15.8. The number of amides is 1. The van der Waals surface area contributed by atoms with Gasteiger partial charge in [0.25, 0.3) is 0 Å². The van der Waals surface area contributed by atoms with Crippen molar-refractivity contribution in [2.24, 2.45) is 11.8 Å². The van der Waals surface area contributed by atoms with Crippen molar-refractivity contribution in [2.45, 2.75) is 31.7 Å². The Labute approximate surface area is 148 Å². The molecule has 4 rings (SSSR count). The third-order valence-electron chi connectivity index (χ3n) is 5.28. The molecule has 1 aromatic rings. The third-order valence-corrected chi connectivity index (χ3v) is 5.28. The van der Waals surface area contributed by atoms with Crippen molar-refractivity contribution in [3.63, 3.8) is 0 Å². The van der Waals surface area contributed by atoms with E-state index in [0.717, 1.165) is 37.4 Å². The average Bonchev–Trinajstić information content (AvgIpc) is 3.37. The number of benzene rings is 1. The highest BCUT2D eigenvalue weighted by Gasteiger charge is 2.45. The van der Waals surface area contributed by atoms with Crippen molar-refractivity contribution in [3.05, 3.63) is 23.8 Å². The second-order valence-electron chi connectivity index (χ2n) is 6.94. The van der Waals surface area contributed by atoms with E-state index in [4.69, 9.17) is 9.47 Å². The summed E-state index contributed by atoms with van der Waals surface area (Å²) in [5, 5.41) is 6.60. The molecule has 0 aromatic heterocycles. The summed E-state index contributed by atoms with van der Waals surface area (Å²) in [5.41, 5.74) is 1.18. The smallest absolute Gasteiger partial charge is 0.224 e. The van der Waals surface area contributed by atoms with Crippen LogP contribution in [0.2, 0.25) is 0 Å². The van der Waals surface area contributed by atoms with Gasteiger partial charge >= 0.3 is 0 Å². The van der Waals surface area contributed by atoms with Crippen molar-refractivity contribution in [2.75, 3.05) is 26.3 Å². The summed E-state index contributed by atoms with van der Waals surface area (Å²) in [5.74, 6) is 2.79. The monoisotopic (exact) mass is 352 g/mol. The van der Waals surface area contributed by atoms with Crippen LogP contribution in [0, 0.1) is 11.8 Å². The second-order valence-corrected chi connectivity index (χ2v) is 6.94. The molecule has 1 aliphatic carbocycles. The Bertz CT molecular complexity index is 610. The van der Waals surface area contributed by atoms with Crippen LogP contribution in [0.4, 0.5) is 0 Å². The lowest BCUT2D eigenvalue weighted by Gasteiger charge is -2.30. The number of piperidine rings is 1. The molecule has 2 aliphatic heterocycles. The van der Waals surface area contributed by atoms with E-state index in [9.17, 15) is 4.79 Å². The average molecular weight is 353 g/mol. The van der Waals surface area contributed by atoms with Crippen LogP contribution in [-0.2, 0) is 4.79 Å². The van der Waals surface area contributed by atoms with Crippen molar-refractivity contribution in [3.8, 4) is 11.5 Å². The molecule has 2 heterocycles. The van der Waals surface area contributed by atoms with Gasteiger partial charge in [0.1, 0.15) is 13.2 Å². The highest BCUT2D eigenvalue weighted by atomic mass is 35.5. The Morgan fingerprint density at radius 2 is 2.04 bits per heavy atom. The van der Waals surface area contributed by atoms with Gasteiger partial charge in [-0.1, -0.05) is 13.0 Å². The largest absolute Gasteiger partial charge is 0.486 e. The fraction of sp³-hybridized carbons (Fsp3) is 0.611. The quantitative estimate of drug-likeness (QED) is 0.874. The van der Waals surface area contributed by atoms with E-state index >= 15 is 0 Å². The molecule has 0 bridgehead atoms. The first kappa shape index (κ1) is 17.4. The molecular formula is C18H25ClN2O3. The van der Waals surface area contributed by atoms with Gasteiger partial charge in [0, 0.05) is 18.5 Å². The molecule has 4 unspecified atom stereocenters. The predicted molar refractivity (Wildman–Crippen MR) is 94.1 cm³/mol.